The summed E-state index contributed by atoms with van der Waals surface area (Å²) in [5.41, 5.74) is 9.45. The monoisotopic (exact) mass is 408 g/mol. The summed E-state index contributed by atoms with van der Waals surface area (Å²) in [5.74, 6) is 1.48. The Labute approximate surface area is 179 Å². The molecule has 0 aliphatic carbocycles. The number of nitrogens with zero attached hydrogens (tertiary/aromatic N) is 1. The van der Waals surface area contributed by atoms with Crippen LogP contribution in [0.1, 0.15) is 36.4 Å². The van der Waals surface area contributed by atoms with E-state index in [4.69, 9.17) is 4.74 Å². The highest BCUT2D eigenvalue weighted by molar-refractivity contribution is 5.74. The molecule has 2 aliphatic rings. The minimum Gasteiger partial charge on any atom is -0.497 e. The van der Waals surface area contributed by atoms with Gasteiger partial charge in [0.25, 0.3) is 0 Å². The number of methoxy groups -OCH3 is 1. The van der Waals surface area contributed by atoms with Crippen LogP contribution < -0.4 is 20.9 Å². The van der Waals surface area contributed by atoms with Crippen LogP contribution in [0.5, 0.6) is 5.75 Å². The molecule has 2 aromatic rings. The normalized spacial score (nSPS) is 22.1. The van der Waals surface area contributed by atoms with Crippen molar-refractivity contribution in [1.82, 2.24) is 21.1 Å². The van der Waals surface area contributed by atoms with Crippen molar-refractivity contribution in [3.8, 4) is 5.75 Å². The lowest BCUT2D eigenvalue weighted by atomic mass is 9.86. The van der Waals surface area contributed by atoms with Crippen LogP contribution in [0, 0.1) is 5.92 Å². The van der Waals surface area contributed by atoms with Gasteiger partial charge in [-0.1, -0.05) is 42.5 Å². The topological polar surface area (TPSA) is 65.6 Å². The van der Waals surface area contributed by atoms with E-state index in [0.717, 1.165) is 44.5 Å². The minimum atomic E-state index is 0.0659. The number of carbonyl (C=O) groups excluding carboxylic acids is 1. The van der Waals surface area contributed by atoms with Crippen LogP contribution in [-0.4, -0.2) is 43.7 Å². The molecule has 2 amide bonds. The molecule has 2 fully saturated rings. The zero-order chi connectivity index (χ0) is 20.8. The number of hydrazine groups is 1. The van der Waals surface area contributed by atoms with Crippen LogP contribution in [0.25, 0.3) is 0 Å². The van der Waals surface area contributed by atoms with Gasteiger partial charge in [-0.25, -0.2) is 4.79 Å². The molecule has 6 heteroatoms. The average Bonchev–Trinajstić information content (AvgIpc) is 3.30. The SMILES string of the molecule is COc1cccc(C2CC(C3CCN(C(=O)NCCc4ccccc4)CC3)NN2)c1. The lowest BCUT2D eigenvalue weighted by Gasteiger charge is -2.34. The quantitative estimate of drug-likeness (QED) is 0.686. The van der Waals surface area contributed by atoms with E-state index < -0.39 is 0 Å². The van der Waals surface area contributed by atoms with Gasteiger partial charge in [0, 0.05) is 31.7 Å². The summed E-state index contributed by atoms with van der Waals surface area (Å²) in [7, 11) is 1.70. The average molecular weight is 409 g/mol. The van der Waals surface area contributed by atoms with Crippen LogP contribution in [0.2, 0.25) is 0 Å². The fourth-order valence-electron chi connectivity index (χ4n) is 4.54. The Morgan fingerprint density at radius 2 is 1.90 bits per heavy atom. The smallest absolute Gasteiger partial charge is 0.317 e. The largest absolute Gasteiger partial charge is 0.497 e. The van der Waals surface area contributed by atoms with Gasteiger partial charge in [0.1, 0.15) is 5.75 Å². The molecule has 0 saturated carbocycles. The molecule has 160 valence electrons. The zero-order valence-corrected chi connectivity index (χ0v) is 17.6. The van der Waals surface area contributed by atoms with Crippen LogP contribution in [0.3, 0.4) is 0 Å². The van der Waals surface area contributed by atoms with E-state index in [2.05, 4.69) is 40.4 Å². The van der Waals surface area contributed by atoms with Crippen molar-refractivity contribution in [1.29, 1.82) is 0 Å². The fourth-order valence-corrected chi connectivity index (χ4v) is 4.54. The third-order valence-electron chi connectivity index (χ3n) is 6.36. The Bertz CT molecular complexity index is 821. The molecule has 0 bridgehead atoms. The maximum atomic E-state index is 12.5. The molecule has 30 heavy (non-hydrogen) atoms. The Hall–Kier alpha value is -2.57. The number of hydrogen-bond acceptors (Lipinski definition) is 4. The molecule has 0 spiro atoms. The lowest BCUT2D eigenvalue weighted by Crippen LogP contribution is -2.48. The Kier molecular flexibility index (Phi) is 6.87. The lowest BCUT2D eigenvalue weighted by molar-refractivity contribution is 0.159. The second-order valence-electron chi connectivity index (χ2n) is 8.25. The van der Waals surface area contributed by atoms with Gasteiger partial charge in [0.2, 0.25) is 0 Å². The zero-order valence-electron chi connectivity index (χ0n) is 17.6. The van der Waals surface area contributed by atoms with Crippen LogP contribution in [-0.2, 0) is 6.42 Å². The summed E-state index contributed by atoms with van der Waals surface area (Å²) in [4.78, 5) is 14.5. The van der Waals surface area contributed by atoms with Crippen molar-refractivity contribution in [2.24, 2.45) is 5.92 Å². The van der Waals surface area contributed by atoms with Gasteiger partial charge in [0.15, 0.2) is 0 Å². The third kappa shape index (κ3) is 5.12. The van der Waals surface area contributed by atoms with Gasteiger partial charge in [-0.05, 0) is 54.9 Å². The van der Waals surface area contributed by atoms with E-state index in [0.29, 0.717) is 24.5 Å². The number of carbonyl (C=O) groups is 1. The molecule has 2 aromatic carbocycles. The van der Waals surface area contributed by atoms with Crippen molar-refractivity contribution in [3.05, 3.63) is 65.7 Å². The van der Waals surface area contributed by atoms with E-state index in [1.807, 2.05) is 35.2 Å². The van der Waals surface area contributed by atoms with Crippen LogP contribution in [0.15, 0.2) is 54.6 Å². The van der Waals surface area contributed by atoms with Gasteiger partial charge < -0.3 is 15.0 Å². The van der Waals surface area contributed by atoms with E-state index in [1.165, 1.54) is 11.1 Å². The van der Waals surface area contributed by atoms with Crippen molar-refractivity contribution in [2.75, 3.05) is 26.7 Å². The molecule has 0 aromatic heterocycles. The molecule has 4 rings (SSSR count). The highest BCUT2D eigenvalue weighted by Crippen LogP contribution is 2.31. The molecule has 6 nitrogen and oxygen atoms in total. The predicted octanol–water partition coefficient (Wildman–Crippen LogP) is 3.27. The van der Waals surface area contributed by atoms with Gasteiger partial charge in [-0.2, -0.15) is 0 Å². The van der Waals surface area contributed by atoms with Gasteiger partial charge in [-0.3, -0.25) is 10.9 Å². The highest BCUT2D eigenvalue weighted by Gasteiger charge is 2.34. The first-order chi connectivity index (χ1) is 14.7. The fraction of sp³-hybridized carbons (Fsp3) is 0.458. The Morgan fingerprint density at radius 1 is 1.10 bits per heavy atom. The molecule has 2 unspecified atom stereocenters. The highest BCUT2D eigenvalue weighted by atomic mass is 16.5. The van der Waals surface area contributed by atoms with Gasteiger partial charge in [-0.15, -0.1) is 0 Å². The summed E-state index contributed by atoms with van der Waals surface area (Å²) in [6.07, 6.45) is 4.00. The molecule has 2 heterocycles. The summed E-state index contributed by atoms with van der Waals surface area (Å²) >= 11 is 0. The number of rotatable bonds is 6. The summed E-state index contributed by atoms with van der Waals surface area (Å²) < 4.78 is 5.35. The van der Waals surface area contributed by atoms with Crippen molar-refractivity contribution >= 4 is 6.03 Å². The number of piperidine rings is 1. The minimum absolute atomic E-state index is 0.0659. The first kappa shape index (κ1) is 20.7. The van der Waals surface area contributed by atoms with E-state index >= 15 is 0 Å². The van der Waals surface area contributed by atoms with E-state index in [1.54, 1.807) is 7.11 Å². The van der Waals surface area contributed by atoms with Gasteiger partial charge in [0.05, 0.1) is 7.11 Å². The van der Waals surface area contributed by atoms with Crippen molar-refractivity contribution in [3.63, 3.8) is 0 Å². The third-order valence-corrected chi connectivity index (χ3v) is 6.36. The molecule has 2 atom stereocenters. The first-order valence-corrected chi connectivity index (χ1v) is 10.9. The molecule has 2 aliphatic heterocycles. The number of urea groups is 1. The number of benzene rings is 2. The molecular formula is C24H32N4O2. The summed E-state index contributed by atoms with van der Waals surface area (Å²) in [6, 6.07) is 19.3. The van der Waals surface area contributed by atoms with Crippen molar-refractivity contribution < 1.29 is 9.53 Å². The van der Waals surface area contributed by atoms with Crippen LogP contribution in [0.4, 0.5) is 4.79 Å². The summed E-state index contributed by atoms with van der Waals surface area (Å²) in [5, 5.41) is 3.07. The van der Waals surface area contributed by atoms with Gasteiger partial charge >= 0.3 is 6.03 Å². The molecular weight excluding hydrogens is 376 g/mol. The van der Waals surface area contributed by atoms with E-state index in [-0.39, 0.29) is 6.03 Å². The molecule has 0 radical (unpaired) electrons. The number of amides is 2. The maximum Gasteiger partial charge on any atom is 0.317 e. The molecule has 2 saturated heterocycles. The predicted molar refractivity (Wildman–Crippen MR) is 118 cm³/mol. The second-order valence-corrected chi connectivity index (χ2v) is 8.25. The standard InChI is InChI=1S/C24H32N4O2/c1-30-21-9-5-8-20(16-21)23-17-22(26-27-23)19-11-14-28(15-12-19)24(29)25-13-10-18-6-3-2-4-7-18/h2-9,16,19,22-23,26-27H,10-15,17H2,1H3,(H,25,29). The number of nitrogens with one attached hydrogen (secondary N) is 3. The van der Waals surface area contributed by atoms with Crippen molar-refractivity contribution in [2.45, 2.75) is 37.8 Å². The Morgan fingerprint density at radius 3 is 2.67 bits per heavy atom. The number of likely N-dealkylation sites (tertiary alicyclic amines) is 1. The summed E-state index contributed by atoms with van der Waals surface area (Å²) in [6.45, 7) is 2.33. The second kappa shape index (κ2) is 9.96. The van der Waals surface area contributed by atoms with Crippen LogP contribution >= 0.6 is 0 Å². The Balaban J connectivity index is 1.20. The number of hydrogen-bond donors (Lipinski definition) is 3. The maximum absolute atomic E-state index is 12.5. The van der Waals surface area contributed by atoms with E-state index in [9.17, 15) is 4.79 Å². The number of ether oxygens (including phenoxy) is 1. The first-order valence-electron chi connectivity index (χ1n) is 10.9. The molecule has 3 N–H and O–H groups in total.